The van der Waals surface area contributed by atoms with Crippen LogP contribution >= 0.6 is 0 Å². The van der Waals surface area contributed by atoms with Gasteiger partial charge in [-0.15, -0.1) is 0 Å². The fraction of sp³-hybridized carbons (Fsp3) is 0.208. The van der Waals surface area contributed by atoms with Crippen molar-refractivity contribution in [3.8, 4) is 5.75 Å². The van der Waals surface area contributed by atoms with Crippen LogP contribution in [0.25, 0.3) is 0 Å². The fourth-order valence-electron chi connectivity index (χ4n) is 3.09. The Bertz CT molecular complexity index is 1180. The molecule has 6 nitrogen and oxygen atoms in total. The number of rotatable bonds is 7. The average Bonchev–Trinajstić information content (AvgIpc) is 2.72. The Morgan fingerprint density at radius 1 is 0.871 bits per heavy atom. The minimum Gasteiger partial charge on any atom is -0.483 e. The Hall–Kier alpha value is -3.32. The molecule has 0 saturated heterocycles. The molecule has 31 heavy (non-hydrogen) atoms. The van der Waals surface area contributed by atoms with Gasteiger partial charge in [0.15, 0.2) is 6.61 Å². The molecular formula is C24H26N2O4S. The van der Waals surface area contributed by atoms with Gasteiger partial charge in [0.05, 0.1) is 10.6 Å². The maximum absolute atomic E-state index is 12.7. The van der Waals surface area contributed by atoms with Gasteiger partial charge in [-0.2, -0.15) is 0 Å². The monoisotopic (exact) mass is 438 g/mol. The summed E-state index contributed by atoms with van der Waals surface area (Å²) in [5, 5.41) is 2.71. The summed E-state index contributed by atoms with van der Waals surface area (Å²) in [5.41, 5.74) is 4.74. The second-order valence-electron chi connectivity index (χ2n) is 7.50. The van der Waals surface area contributed by atoms with E-state index in [9.17, 15) is 13.2 Å². The highest BCUT2D eigenvalue weighted by Gasteiger charge is 2.16. The second kappa shape index (κ2) is 9.22. The first-order valence-electron chi connectivity index (χ1n) is 9.85. The smallest absolute Gasteiger partial charge is 0.262 e. The summed E-state index contributed by atoms with van der Waals surface area (Å²) in [6, 6.07) is 17.4. The number of carbonyl (C=O) groups is 1. The Balaban J connectivity index is 1.64. The predicted molar refractivity (Wildman–Crippen MR) is 123 cm³/mol. The van der Waals surface area contributed by atoms with Gasteiger partial charge < -0.3 is 10.1 Å². The maximum Gasteiger partial charge on any atom is 0.262 e. The van der Waals surface area contributed by atoms with Crippen molar-refractivity contribution < 1.29 is 17.9 Å². The zero-order valence-corrected chi connectivity index (χ0v) is 18.8. The highest BCUT2D eigenvalue weighted by Crippen LogP contribution is 2.24. The Morgan fingerprint density at radius 2 is 1.52 bits per heavy atom. The zero-order valence-electron chi connectivity index (χ0n) is 18.0. The minimum absolute atomic E-state index is 0.111. The van der Waals surface area contributed by atoms with E-state index in [1.54, 1.807) is 12.1 Å². The van der Waals surface area contributed by atoms with Crippen LogP contribution < -0.4 is 14.8 Å². The summed E-state index contributed by atoms with van der Waals surface area (Å²) in [5.74, 6) is 0.333. The molecule has 0 atom stereocenters. The normalized spacial score (nSPS) is 11.1. The van der Waals surface area contributed by atoms with E-state index in [1.807, 2.05) is 64.1 Å². The molecule has 2 N–H and O–H groups in total. The summed E-state index contributed by atoms with van der Waals surface area (Å²) in [4.78, 5) is 12.3. The van der Waals surface area contributed by atoms with Gasteiger partial charge in [0, 0.05) is 5.69 Å². The molecule has 0 bridgehead atoms. The highest BCUT2D eigenvalue weighted by molar-refractivity contribution is 7.92. The van der Waals surface area contributed by atoms with Gasteiger partial charge in [-0.1, -0.05) is 30.3 Å². The van der Waals surface area contributed by atoms with Crippen molar-refractivity contribution in [1.82, 2.24) is 0 Å². The van der Waals surface area contributed by atoms with Crippen LogP contribution in [-0.2, 0) is 14.8 Å². The van der Waals surface area contributed by atoms with E-state index in [-0.39, 0.29) is 17.4 Å². The van der Waals surface area contributed by atoms with E-state index in [0.29, 0.717) is 17.1 Å². The fourth-order valence-corrected chi connectivity index (χ4v) is 4.29. The van der Waals surface area contributed by atoms with Gasteiger partial charge >= 0.3 is 0 Å². The second-order valence-corrected chi connectivity index (χ2v) is 9.18. The van der Waals surface area contributed by atoms with Crippen LogP contribution in [-0.4, -0.2) is 20.9 Å². The maximum atomic E-state index is 12.7. The molecule has 0 fully saturated rings. The van der Waals surface area contributed by atoms with Crippen molar-refractivity contribution in [2.45, 2.75) is 32.6 Å². The van der Waals surface area contributed by atoms with Crippen LogP contribution in [0.1, 0.15) is 22.3 Å². The van der Waals surface area contributed by atoms with E-state index in [1.165, 1.54) is 12.1 Å². The lowest BCUT2D eigenvalue weighted by Crippen LogP contribution is -2.20. The van der Waals surface area contributed by atoms with Crippen LogP contribution in [0.2, 0.25) is 0 Å². The number of hydrogen-bond donors (Lipinski definition) is 2. The van der Waals surface area contributed by atoms with E-state index in [0.717, 1.165) is 22.3 Å². The third-order valence-corrected chi connectivity index (χ3v) is 6.23. The van der Waals surface area contributed by atoms with E-state index in [4.69, 9.17) is 4.74 Å². The third kappa shape index (κ3) is 5.64. The van der Waals surface area contributed by atoms with Crippen LogP contribution in [0, 0.1) is 27.7 Å². The quantitative estimate of drug-likeness (QED) is 0.558. The number of sulfonamides is 1. The summed E-state index contributed by atoms with van der Waals surface area (Å²) < 4.78 is 33.7. The molecule has 0 aliphatic carbocycles. The lowest BCUT2D eigenvalue weighted by molar-refractivity contribution is -0.118. The van der Waals surface area contributed by atoms with E-state index < -0.39 is 10.0 Å². The van der Waals surface area contributed by atoms with Crippen molar-refractivity contribution >= 4 is 27.3 Å². The summed E-state index contributed by atoms with van der Waals surface area (Å²) in [7, 11) is -3.75. The van der Waals surface area contributed by atoms with E-state index >= 15 is 0 Å². The van der Waals surface area contributed by atoms with Crippen LogP contribution in [0.15, 0.2) is 65.6 Å². The number of aryl methyl sites for hydroxylation is 4. The lowest BCUT2D eigenvalue weighted by atomic mass is 10.1. The standard InChI is InChI=1S/C24H26N2O4S/c1-16-8-9-17(2)22(14-16)30-15-23(27)25-20-10-12-21(13-11-20)31(28,29)26-24-18(3)6-5-7-19(24)4/h5-14,26H,15H2,1-4H3,(H,25,27). The van der Waals surface area contributed by atoms with Crippen molar-refractivity contribution in [3.05, 3.63) is 82.9 Å². The first-order chi connectivity index (χ1) is 14.7. The SMILES string of the molecule is Cc1ccc(C)c(OCC(=O)Nc2ccc(S(=O)(=O)Nc3c(C)cccc3C)cc2)c1. The topological polar surface area (TPSA) is 84.5 Å². The van der Waals surface area contributed by atoms with Gasteiger partial charge in [-0.05, 0) is 80.3 Å². The molecule has 0 aromatic heterocycles. The molecule has 3 rings (SSSR count). The summed E-state index contributed by atoms with van der Waals surface area (Å²) in [6.45, 7) is 7.43. The third-order valence-electron chi connectivity index (χ3n) is 4.87. The molecule has 7 heteroatoms. The molecular weight excluding hydrogens is 412 g/mol. The summed E-state index contributed by atoms with van der Waals surface area (Å²) >= 11 is 0. The first kappa shape index (κ1) is 22.4. The number of benzene rings is 3. The largest absolute Gasteiger partial charge is 0.483 e. The number of nitrogens with one attached hydrogen (secondary N) is 2. The molecule has 0 radical (unpaired) electrons. The van der Waals surface area contributed by atoms with Gasteiger partial charge in [-0.3, -0.25) is 9.52 Å². The number of anilines is 2. The first-order valence-corrected chi connectivity index (χ1v) is 11.3. The van der Waals surface area contributed by atoms with Crippen molar-refractivity contribution in [2.24, 2.45) is 0 Å². The molecule has 0 saturated carbocycles. The van der Waals surface area contributed by atoms with Crippen molar-refractivity contribution in [3.63, 3.8) is 0 Å². The molecule has 162 valence electrons. The Labute approximate surface area is 183 Å². The van der Waals surface area contributed by atoms with Crippen LogP contribution in [0.5, 0.6) is 5.75 Å². The molecule has 0 unspecified atom stereocenters. The Kier molecular flexibility index (Phi) is 6.65. The number of carbonyl (C=O) groups excluding carboxylic acids is 1. The molecule has 1 amide bonds. The molecule has 3 aromatic carbocycles. The number of hydrogen-bond acceptors (Lipinski definition) is 4. The van der Waals surface area contributed by atoms with Crippen LogP contribution in [0.3, 0.4) is 0 Å². The molecule has 0 aliphatic rings. The van der Waals surface area contributed by atoms with Gasteiger partial charge in [-0.25, -0.2) is 8.42 Å². The zero-order chi connectivity index (χ0) is 22.6. The number of para-hydroxylation sites is 1. The highest BCUT2D eigenvalue weighted by atomic mass is 32.2. The molecule has 0 spiro atoms. The molecule has 3 aromatic rings. The number of ether oxygens (including phenoxy) is 1. The van der Waals surface area contributed by atoms with Crippen molar-refractivity contribution in [1.29, 1.82) is 0 Å². The van der Waals surface area contributed by atoms with Gasteiger partial charge in [0.2, 0.25) is 0 Å². The predicted octanol–water partition coefficient (Wildman–Crippen LogP) is 4.74. The molecule has 0 heterocycles. The molecule has 0 aliphatic heterocycles. The van der Waals surface area contributed by atoms with Gasteiger partial charge in [0.25, 0.3) is 15.9 Å². The average molecular weight is 439 g/mol. The Morgan fingerprint density at radius 3 is 2.16 bits per heavy atom. The van der Waals surface area contributed by atoms with E-state index in [2.05, 4.69) is 10.0 Å². The van der Waals surface area contributed by atoms with Gasteiger partial charge in [0.1, 0.15) is 5.75 Å². The minimum atomic E-state index is -3.75. The number of amides is 1. The van der Waals surface area contributed by atoms with Crippen LogP contribution in [0.4, 0.5) is 11.4 Å². The van der Waals surface area contributed by atoms with Crippen molar-refractivity contribution in [2.75, 3.05) is 16.6 Å². The summed E-state index contributed by atoms with van der Waals surface area (Å²) in [6.07, 6.45) is 0. The lowest BCUT2D eigenvalue weighted by Gasteiger charge is -2.14.